The van der Waals surface area contributed by atoms with Gasteiger partial charge >= 0.3 is 0 Å². The quantitative estimate of drug-likeness (QED) is 0.253. The Morgan fingerprint density at radius 3 is 1.75 bits per heavy atom. The van der Waals surface area contributed by atoms with E-state index in [1.165, 1.54) is 57.8 Å². The number of hydrogen-bond donors (Lipinski definition) is 0. The third-order valence-corrected chi connectivity index (χ3v) is 5.84. The van der Waals surface area contributed by atoms with Crippen LogP contribution in [-0.2, 0) is 0 Å². The van der Waals surface area contributed by atoms with Crippen LogP contribution in [0.2, 0.25) is 0 Å². The van der Waals surface area contributed by atoms with Gasteiger partial charge in [0.1, 0.15) is 0 Å². The number of hydrogen-bond acceptors (Lipinski definition) is 3. The van der Waals surface area contributed by atoms with E-state index in [4.69, 9.17) is 9.15 Å². The molecule has 28 heavy (non-hydrogen) atoms. The van der Waals surface area contributed by atoms with Gasteiger partial charge in [-0.05, 0) is 36.2 Å². The second-order valence-electron chi connectivity index (χ2n) is 9.41. The molecule has 162 valence electrons. The summed E-state index contributed by atoms with van der Waals surface area (Å²) in [6, 6.07) is 3.35. The average molecular weight is 393 g/mol. The molecule has 0 aliphatic heterocycles. The van der Waals surface area contributed by atoms with Crippen molar-refractivity contribution in [1.82, 2.24) is 0 Å². The van der Waals surface area contributed by atoms with Crippen molar-refractivity contribution in [3.05, 3.63) is 17.9 Å². The molecule has 0 fully saturated rings. The molecule has 0 spiro atoms. The molecule has 0 N–H and O–H groups in total. The molecule has 1 heterocycles. The monoisotopic (exact) mass is 392 g/mol. The smallest absolute Gasteiger partial charge is 0.284 e. The predicted molar refractivity (Wildman–Crippen MR) is 118 cm³/mol. The Labute approximate surface area is 173 Å². The third-order valence-electron chi connectivity index (χ3n) is 5.84. The Kier molecular flexibility index (Phi) is 13.0. The molecule has 3 atom stereocenters. The van der Waals surface area contributed by atoms with E-state index in [-0.39, 0.29) is 0 Å². The summed E-state index contributed by atoms with van der Waals surface area (Å²) in [6.45, 7) is 12.4. The topological polar surface area (TPSA) is 39.4 Å². The minimum absolute atomic E-state index is 0.321. The largest absolute Gasteiger partial charge is 0.465 e. The number of carbonyl (C=O) groups is 1. The van der Waals surface area contributed by atoms with Gasteiger partial charge in [0.25, 0.3) is 5.95 Å². The lowest BCUT2D eigenvalue weighted by atomic mass is 9.91. The summed E-state index contributed by atoms with van der Waals surface area (Å²) in [5.74, 6) is 4.01. The van der Waals surface area contributed by atoms with Crippen LogP contribution >= 0.6 is 0 Å². The third kappa shape index (κ3) is 12.3. The van der Waals surface area contributed by atoms with Crippen LogP contribution < -0.4 is 4.74 Å². The van der Waals surface area contributed by atoms with Crippen molar-refractivity contribution >= 4 is 6.29 Å². The van der Waals surface area contributed by atoms with Crippen LogP contribution in [0.25, 0.3) is 0 Å². The highest BCUT2D eigenvalue weighted by molar-refractivity contribution is 5.70. The van der Waals surface area contributed by atoms with Gasteiger partial charge < -0.3 is 9.15 Å². The summed E-state index contributed by atoms with van der Waals surface area (Å²) in [5.41, 5.74) is 0. The van der Waals surface area contributed by atoms with Crippen LogP contribution in [0.4, 0.5) is 0 Å². The summed E-state index contributed by atoms with van der Waals surface area (Å²) < 4.78 is 10.8. The van der Waals surface area contributed by atoms with E-state index in [0.717, 1.165) is 24.2 Å². The van der Waals surface area contributed by atoms with Gasteiger partial charge in [-0.1, -0.05) is 92.4 Å². The zero-order chi connectivity index (χ0) is 20.8. The molecule has 1 aromatic rings. The first-order chi connectivity index (χ1) is 13.4. The Bertz CT molecular complexity index is 506. The molecule has 0 amide bonds. The maximum absolute atomic E-state index is 10.6. The van der Waals surface area contributed by atoms with Gasteiger partial charge in [0.05, 0.1) is 6.61 Å². The second-order valence-corrected chi connectivity index (χ2v) is 9.41. The highest BCUT2D eigenvalue weighted by atomic mass is 16.6. The fourth-order valence-electron chi connectivity index (χ4n) is 3.77. The van der Waals surface area contributed by atoms with Crippen molar-refractivity contribution in [3.63, 3.8) is 0 Å². The maximum atomic E-state index is 10.6. The first kappa shape index (κ1) is 24.8. The highest BCUT2D eigenvalue weighted by Crippen LogP contribution is 2.23. The molecule has 0 aromatic carbocycles. The van der Waals surface area contributed by atoms with Gasteiger partial charge in [-0.25, -0.2) is 0 Å². The molecule has 0 saturated carbocycles. The molecule has 1 rings (SSSR count). The lowest BCUT2D eigenvalue weighted by Crippen LogP contribution is -2.05. The fraction of sp³-hybridized carbons (Fsp3) is 0.800. The van der Waals surface area contributed by atoms with Crippen molar-refractivity contribution in [2.75, 3.05) is 6.61 Å². The minimum atomic E-state index is 0.321. The van der Waals surface area contributed by atoms with Crippen molar-refractivity contribution in [3.8, 4) is 5.95 Å². The lowest BCUT2D eigenvalue weighted by Gasteiger charge is -2.16. The van der Waals surface area contributed by atoms with Crippen LogP contribution in [0.15, 0.2) is 16.5 Å². The zero-order valence-corrected chi connectivity index (χ0v) is 19.0. The van der Waals surface area contributed by atoms with Gasteiger partial charge in [0, 0.05) is 6.07 Å². The van der Waals surface area contributed by atoms with E-state index in [0.29, 0.717) is 30.5 Å². The van der Waals surface area contributed by atoms with Crippen LogP contribution in [0.3, 0.4) is 0 Å². The van der Waals surface area contributed by atoms with Gasteiger partial charge in [0.2, 0.25) is 0 Å². The molecule has 0 radical (unpaired) electrons. The molecule has 0 bridgehead atoms. The van der Waals surface area contributed by atoms with Crippen LogP contribution in [0, 0.1) is 23.7 Å². The molecule has 1 aromatic heterocycles. The number of furan rings is 1. The Balaban J connectivity index is 1.99. The normalized spacial score (nSPS) is 14.8. The fourth-order valence-corrected chi connectivity index (χ4v) is 3.77. The molecule has 0 saturated heterocycles. The van der Waals surface area contributed by atoms with Crippen LogP contribution in [-0.4, -0.2) is 12.9 Å². The van der Waals surface area contributed by atoms with Gasteiger partial charge in [-0.3, -0.25) is 4.79 Å². The minimum Gasteiger partial charge on any atom is -0.465 e. The van der Waals surface area contributed by atoms with E-state index >= 15 is 0 Å². The molecular formula is C25H44O3. The molecular weight excluding hydrogens is 348 g/mol. The second kappa shape index (κ2) is 14.7. The van der Waals surface area contributed by atoms with E-state index in [1.807, 2.05) is 0 Å². The van der Waals surface area contributed by atoms with Crippen LogP contribution in [0.1, 0.15) is 109 Å². The SMILES string of the molecule is CC(C)CCCC(C)CCCC(C)CCCC(C)CCOc1ccc(C=O)o1. The van der Waals surface area contributed by atoms with Gasteiger partial charge in [-0.15, -0.1) is 0 Å². The Morgan fingerprint density at radius 1 is 0.786 bits per heavy atom. The molecule has 0 aliphatic rings. The molecule has 3 unspecified atom stereocenters. The number of ether oxygens (including phenoxy) is 1. The Morgan fingerprint density at radius 2 is 1.29 bits per heavy atom. The van der Waals surface area contributed by atoms with Crippen LogP contribution in [0.5, 0.6) is 5.95 Å². The highest BCUT2D eigenvalue weighted by Gasteiger charge is 2.09. The number of rotatable bonds is 17. The van der Waals surface area contributed by atoms with Gasteiger partial charge in [0.15, 0.2) is 12.0 Å². The standard InChI is InChI=1S/C25H44O3/c1-20(2)9-6-10-21(3)11-7-12-22(4)13-8-14-23(5)17-18-27-25-16-15-24(19-26)28-25/h15-16,19-23H,6-14,17-18H2,1-5H3. The number of aldehydes is 1. The maximum Gasteiger partial charge on any atom is 0.284 e. The van der Waals surface area contributed by atoms with E-state index in [9.17, 15) is 4.79 Å². The summed E-state index contributed by atoms with van der Waals surface area (Å²) >= 11 is 0. The van der Waals surface area contributed by atoms with Crippen molar-refractivity contribution in [2.45, 2.75) is 98.8 Å². The van der Waals surface area contributed by atoms with Crippen molar-refractivity contribution in [1.29, 1.82) is 0 Å². The van der Waals surface area contributed by atoms with E-state index in [1.54, 1.807) is 12.1 Å². The van der Waals surface area contributed by atoms with Crippen molar-refractivity contribution in [2.24, 2.45) is 23.7 Å². The lowest BCUT2D eigenvalue weighted by molar-refractivity contribution is 0.109. The summed E-state index contributed by atoms with van der Waals surface area (Å²) in [6.07, 6.45) is 14.0. The molecule has 0 aliphatic carbocycles. The average Bonchev–Trinajstić information content (AvgIpc) is 3.09. The van der Waals surface area contributed by atoms with E-state index in [2.05, 4.69) is 34.6 Å². The van der Waals surface area contributed by atoms with Crippen molar-refractivity contribution < 1.29 is 13.9 Å². The van der Waals surface area contributed by atoms with E-state index < -0.39 is 0 Å². The predicted octanol–water partition coefficient (Wildman–Crippen LogP) is 7.94. The zero-order valence-electron chi connectivity index (χ0n) is 19.0. The molecule has 3 nitrogen and oxygen atoms in total. The summed E-state index contributed by atoms with van der Waals surface area (Å²) in [7, 11) is 0. The summed E-state index contributed by atoms with van der Waals surface area (Å²) in [4.78, 5) is 10.6. The first-order valence-corrected chi connectivity index (χ1v) is 11.6. The van der Waals surface area contributed by atoms with Gasteiger partial charge in [-0.2, -0.15) is 0 Å². The summed E-state index contributed by atoms with van der Waals surface area (Å²) in [5, 5.41) is 0. The number of carbonyl (C=O) groups excluding carboxylic acids is 1. The first-order valence-electron chi connectivity index (χ1n) is 11.6. The Hall–Kier alpha value is -1.25. The molecule has 3 heteroatoms.